The van der Waals surface area contributed by atoms with Gasteiger partial charge >= 0.3 is 0 Å². The molecule has 7 heteroatoms. The van der Waals surface area contributed by atoms with E-state index in [1.807, 2.05) is 12.1 Å². The Hall–Kier alpha value is -2.93. The first-order valence-corrected chi connectivity index (χ1v) is 6.25. The van der Waals surface area contributed by atoms with Gasteiger partial charge in [-0.25, -0.2) is 4.98 Å². The van der Waals surface area contributed by atoms with E-state index in [4.69, 9.17) is 5.73 Å². The van der Waals surface area contributed by atoms with Gasteiger partial charge in [0, 0.05) is 24.2 Å². The first-order valence-electron chi connectivity index (χ1n) is 6.25. The number of nitrogens with two attached hydrogens (primary N) is 1. The largest absolute Gasteiger partial charge is 0.426 e. The van der Waals surface area contributed by atoms with Crippen LogP contribution in [0.3, 0.4) is 0 Å². The van der Waals surface area contributed by atoms with E-state index in [0.29, 0.717) is 29.0 Å². The van der Waals surface area contributed by atoms with Gasteiger partial charge in [0.05, 0.1) is 10.4 Å². The Bertz CT molecular complexity index is 824. The summed E-state index contributed by atoms with van der Waals surface area (Å²) in [5.41, 5.74) is 7.90. The number of nitro groups is 1. The summed E-state index contributed by atoms with van der Waals surface area (Å²) < 4.78 is 0.861. The van der Waals surface area contributed by atoms with Crippen molar-refractivity contribution in [2.75, 3.05) is 0 Å². The molecule has 0 saturated carbocycles. The summed E-state index contributed by atoms with van der Waals surface area (Å²) in [4.78, 5) is 14.6. The van der Waals surface area contributed by atoms with Gasteiger partial charge in [0.15, 0.2) is 5.82 Å². The predicted octanol–water partition coefficient (Wildman–Crippen LogP) is 2.31. The molecule has 3 rings (SSSR count). The summed E-state index contributed by atoms with van der Waals surface area (Å²) in [7, 11) is 0. The Balaban J connectivity index is 2.14. The smallest absolute Gasteiger partial charge is 0.271 e. The SMILES string of the molecule is NCc1ccc(-c2nc3ccc([N+](=O)[O-])cc3n2O)cc1. The van der Waals surface area contributed by atoms with Crippen LogP contribution in [0.5, 0.6) is 0 Å². The second-order valence-corrected chi connectivity index (χ2v) is 4.58. The molecule has 0 aliphatic rings. The number of fused-ring (bicyclic) bond motifs is 1. The minimum absolute atomic E-state index is 0.0947. The predicted molar refractivity (Wildman–Crippen MR) is 76.9 cm³/mol. The molecule has 0 aliphatic heterocycles. The molecule has 2 aromatic carbocycles. The molecule has 0 unspecified atom stereocenters. The molecule has 0 fully saturated rings. The van der Waals surface area contributed by atoms with Gasteiger partial charge in [0.2, 0.25) is 0 Å². The molecule has 21 heavy (non-hydrogen) atoms. The summed E-state index contributed by atoms with van der Waals surface area (Å²) in [6, 6.07) is 11.4. The highest BCUT2D eigenvalue weighted by atomic mass is 16.6. The number of non-ortho nitro benzene ring substituents is 1. The normalized spacial score (nSPS) is 10.9. The van der Waals surface area contributed by atoms with E-state index >= 15 is 0 Å². The molecule has 0 atom stereocenters. The number of imidazole rings is 1. The zero-order valence-electron chi connectivity index (χ0n) is 10.9. The zero-order valence-corrected chi connectivity index (χ0v) is 10.9. The summed E-state index contributed by atoms with van der Waals surface area (Å²) in [6.07, 6.45) is 0. The molecule has 0 bridgehead atoms. The third kappa shape index (κ3) is 2.19. The lowest BCUT2D eigenvalue weighted by molar-refractivity contribution is -0.384. The molecule has 0 aliphatic carbocycles. The third-order valence-corrected chi connectivity index (χ3v) is 3.27. The van der Waals surface area contributed by atoms with Crippen LogP contribution in [0.2, 0.25) is 0 Å². The molecule has 1 aromatic heterocycles. The fraction of sp³-hybridized carbons (Fsp3) is 0.0714. The lowest BCUT2D eigenvalue weighted by atomic mass is 10.1. The van der Waals surface area contributed by atoms with Gasteiger partial charge in [-0.1, -0.05) is 24.3 Å². The van der Waals surface area contributed by atoms with Crippen LogP contribution >= 0.6 is 0 Å². The molecule has 3 aromatic rings. The average Bonchev–Trinajstić information content (AvgIpc) is 2.84. The van der Waals surface area contributed by atoms with E-state index in [0.717, 1.165) is 10.3 Å². The number of aromatic nitrogens is 2. The number of benzene rings is 2. The van der Waals surface area contributed by atoms with Crippen LogP contribution in [0.25, 0.3) is 22.4 Å². The summed E-state index contributed by atoms with van der Waals surface area (Å²) in [6.45, 7) is 0.433. The van der Waals surface area contributed by atoms with E-state index in [-0.39, 0.29) is 5.69 Å². The molecule has 3 N–H and O–H groups in total. The van der Waals surface area contributed by atoms with Crippen molar-refractivity contribution in [2.45, 2.75) is 6.54 Å². The number of hydrogen-bond donors (Lipinski definition) is 2. The van der Waals surface area contributed by atoms with Gasteiger partial charge in [-0.3, -0.25) is 10.1 Å². The quantitative estimate of drug-likeness (QED) is 0.436. The highest BCUT2D eigenvalue weighted by Crippen LogP contribution is 2.26. The Morgan fingerprint density at radius 3 is 2.57 bits per heavy atom. The van der Waals surface area contributed by atoms with Crippen LogP contribution in [0, 0.1) is 10.1 Å². The number of nitro benzene ring substituents is 1. The maximum absolute atomic E-state index is 10.8. The van der Waals surface area contributed by atoms with Crippen molar-refractivity contribution in [3.05, 3.63) is 58.1 Å². The third-order valence-electron chi connectivity index (χ3n) is 3.27. The Labute approximate surface area is 119 Å². The van der Waals surface area contributed by atoms with Gasteiger partial charge < -0.3 is 10.9 Å². The topological polar surface area (TPSA) is 107 Å². The van der Waals surface area contributed by atoms with Crippen LogP contribution in [0.4, 0.5) is 5.69 Å². The summed E-state index contributed by atoms with van der Waals surface area (Å²) >= 11 is 0. The fourth-order valence-electron chi connectivity index (χ4n) is 2.14. The van der Waals surface area contributed by atoms with Gasteiger partial charge in [-0.2, -0.15) is 4.73 Å². The molecule has 1 heterocycles. The Kier molecular flexibility index (Phi) is 3.03. The molecular formula is C14H12N4O3. The first kappa shape index (κ1) is 13.1. The molecule has 0 saturated heterocycles. The van der Waals surface area contributed by atoms with Crippen LogP contribution in [0.1, 0.15) is 5.56 Å². The minimum Gasteiger partial charge on any atom is -0.426 e. The highest BCUT2D eigenvalue weighted by Gasteiger charge is 2.15. The lowest BCUT2D eigenvalue weighted by Crippen LogP contribution is -1.97. The maximum Gasteiger partial charge on any atom is 0.271 e. The highest BCUT2D eigenvalue weighted by molar-refractivity contribution is 5.82. The van der Waals surface area contributed by atoms with Crippen molar-refractivity contribution in [3.63, 3.8) is 0 Å². The van der Waals surface area contributed by atoms with E-state index in [9.17, 15) is 15.3 Å². The van der Waals surface area contributed by atoms with Gasteiger partial charge in [-0.05, 0) is 11.6 Å². The minimum atomic E-state index is -0.512. The average molecular weight is 284 g/mol. The van der Waals surface area contributed by atoms with Crippen molar-refractivity contribution in [2.24, 2.45) is 5.73 Å². The standard InChI is InChI=1S/C14H12N4O3/c15-8-9-1-3-10(4-2-9)14-16-12-6-5-11(18(20)21)7-13(12)17(14)19/h1-7,19H,8,15H2. The fourth-order valence-corrected chi connectivity index (χ4v) is 2.14. The van der Waals surface area contributed by atoms with Crippen molar-refractivity contribution in [1.29, 1.82) is 0 Å². The number of rotatable bonds is 3. The lowest BCUT2D eigenvalue weighted by Gasteiger charge is -2.02. The molecule has 0 amide bonds. The molecule has 106 valence electrons. The van der Waals surface area contributed by atoms with Gasteiger partial charge in [0.1, 0.15) is 5.52 Å². The van der Waals surface area contributed by atoms with Gasteiger partial charge in [0.25, 0.3) is 5.69 Å². The summed E-state index contributed by atoms with van der Waals surface area (Å²) in [5, 5.41) is 21.0. The second kappa shape index (κ2) is 4.88. The van der Waals surface area contributed by atoms with Crippen LogP contribution < -0.4 is 5.73 Å². The van der Waals surface area contributed by atoms with Gasteiger partial charge in [-0.15, -0.1) is 0 Å². The molecule has 0 spiro atoms. The van der Waals surface area contributed by atoms with Crippen LogP contribution in [0.15, 0.2) is 42.5 Å². The van der Waals surface area contributed by atoms with E-state index in [1.54, 1.807) is 12.1 Å². The first-order chi connectivity index (χ1) is 10.1. The Morgan fingerprint density at radius 2 is 1.95 bits per heavy atom. The maximum atomic E-state index is 10.8. The number of nitrogens with zero attached hydrogens (tertiary/aromatic N) is 3. The van der Waals surface area contributed by atoms with E-state index in [2.05, 4.69) is 4.98 Å². The zero-order chi connectivity index (χ0) is 15.0. The van der Waals surface area contributed by atoms with E-state index in [1.165, 1.54) is 18.2 Å². The van der Waals surface area contributed by atoms with Crippen molar-refractivity contribution >= 4 is 16.7 Å². The second-order valence-electron chi connectivity index (χ2n) is 4.58. The monoisotopic (exact) mass is 284 g/mol. The van der Waals surface area contributed by atoms with Crippen molar-refractivity contribution in [1.82, 2.24) is 9.71 Å². The Morgan fingerprint density at radius 1 is 1.24 bits per heavy atom. The molecular weight excluding hydrogens is 272 g/mol. The number of hydrogen-bond acceptors (Lipinski definition) is 5. The van der Waals surface area contributed by atoms with Crippen LogP contribution in [-0.4, -0.2) is 19.8 Å². The molecule has 0 radical (unpaired) electrons. The van der Waals surface area contributed by atoms with Crippen molar-refractivity contribution < 1.29 is 10.1 Å². The van der Waals surface area contributed by atoms with Crippen LogP contribution in [-0.2, 0) is 6.54 Å². The van der Waals surface area contributed by atoms with E-state index < -0.39 is 4.92 Å². The summed E-state index contributed by atoms with van der Waals surface area (Å²) in [5.74, 6) is 0.328. The molecule has 7 nitrogen and oxygen atoms in total. The van der Waals surface area contributed by atoms with Crippen molar-refractivity contribution in [3.8, 4) is 11.4 Å².